The van der Waals surface area contributed by atoms with E-state index < -0.39 is 47.9 Å². The standard InChI is InChI=1S/C19H21F4N3O2/c1-27-18(12-2-4-13(20)5-3-12)9-6-14(7-10-18)28-15-8-11-25-17(26-24)16(15)19(21,22)23/h2-5,8,11,14H,6-7,9-10,24H2,1H3,(H,25,26)/i1D3. The van der Waals surface area contributed by atoms with Crippen molar-refractivity contribution in [2.75, 3.05) is 12.5 Å². The van der Waals surface area contributed by atoms with Crippen LogP contribution in [0.3, 0.4) is 0 Å². The van der Waals surface area contributed by atoms with Gasteiger partial charge < -0.3 is 14.9 Å². The number of rotatable bonds is 5. The van der Waals surface area contributed by atoms with Crippen LogP contribution in [-0.2, 0) is 16.5 Å². The number of hydrogen-bond acceptors (Lipinski definition) is 5. The number of alkyl halides is 3. The number of hydrazine groups is 1. The largest absolute Gasteiger partial charge is 0.490 e. The van der Waals surface area contributed by atoms with E-state index in [1.165, 1.54) is 24.3 Å². The lowest BCUT2D eigenvalue weighted by molar-refractivity contribution is -0.139. The Morgan fingerprint density at radius 2 is 1.89 bits per heavy atom. The predicted octanol–water partition coefficient (Wildman–Crippen LogP) is 4.39. The van der Waals surface area contributed by atoms with Gasteiger partial charge in [-0.25, -0.2) is 15.2 Å². The van der Waals surface area contributed by atoms with E-state index in [2.05, 4.69) is 4.98 Å². The van der Waals surface area contributed by atoms with Gasteiger partial charge in [-0.3, -0.25) is 0 Å². The summed E-state index contributed by atoms with van der Waals surface area (Å²) < 4.78 is 87.4. The fourth-order valence-corrected chi connectivity index (χ4v) is 3.48. The minimum Gasteiger partial charge on any atom is -0.490 e. The highest BCUT2D eigenvalue weighted by Crippen LogP contribution is 2.44. The van der Waals surface area contributed by atoms with Gasteiger partial charge in [-0.1, -0.05) is 12.1 Å². The molecule has 1 heterocycles. The lowest BCUT2D eigenvalue weighted by Crippen LogP contribution is -2.37. The van der Waals surface area contributed by atoms with Gasteiger partial charge in [0.1, 0.15) is 17.1 Å². The first-order chi connectivity index (χ1) is 14.4. The molecule has 1 aliphatic carbocycles. The normalized spacial score (nSPS) is 24.8. The summed E-state index contributed by atoms with van der Waals surface area (Å²) in [5.41, 5.74) is 0.0575. The molecular formula is C19H21F4N3O2. The molecule has 0 bridgehead atoms. The monoisotopic (exact) mass is 402 g/mol. The lowest BCUT2D eigenvalue weighted by atomic mass is 9.78. The molecular weight excluding hydrogens is 378 g/mol. The summed E-state index contributed by atoms with van der Waals surface area (Å²) in [7, 11) is -2.71. The third kappa shape index (κ3) is 4.05. The van der Waals surface area contributed by atoms with Gasteiger partial charge in [0.2, 0.25) is 0 Å². The number of nitrogens with one attached hydrogen (secondary N) is 1. The van der Waals surface area contributed by atoms with E-state index in [9.17, 15) is 17.6 Å². The summed E-state index contributed by atoms with van der Waals surface area (Å²) >= 11 is 0. The molecule has 0 radical (unpaired) electrons. The van der Waals surface area contributed by atoms with Crippen molar-refractivity contribution >= 4 is 5.82 Å². The van der Waals surface area contributed by atoms with E-state index in [0.29, 0.717) is 5.56 Å². The Hall–Kier alpha value is -2.39. The van der Waals surface area contributed by atoms with E-state index in [-0.39, 0.29) is 25.7 Å². The molecule has 1 fully saturated rings. The maximum Gasteiger partial charge on any atom is 0.423 e. The fraction of sp³-hybridized carbons (Fsp3) is 0.421. The average Bonchev–Trinajstić information content (AvgIpc) is 2.68. The molecule has 1 aromatic carbocycles. The van der Waals surface area contributed by atoms with Crippen LogP contribution in [-0.4, -0.2) is 18.1 Å². The van der Waals surface area contributed by atoms with Gasteiger partial charge in [-0.05, 0) is 49.4 Å². The fourth-order valence-electron chi connectivity index (χ4n) is 3.48. The van der Waals surface area contributed by atoms with Crippen molar-refractivity contribution in [1.82, 2.24) is 4.98 Å². The second kappa shape index (κ2) is 7.92. The van der Waals surface area contributed by atoms with Crippen molar-refractivity contribution in [2.45, 2.75) is 43.6 Å². The molecule has 28 heavy (non-hydrogen) atoms. The Kier molecular flexibility index (Phi) is 4.68. The third-order valence-corrected chi connectivity index (χ3v) is 4.93. The van der Waals surface area contributed by atoms with Gasteiger partial charge >= 0.3 is 6.18 Å². The Balaban J connectivity index is 1.82. The van der Waals surface area contributed by atoms with Gasteiger partial charge in [-0.15, -0.1) is 0 Å². The number of benzene rings is 1. The molecule has 0 aliphatic heterocycles. The number of nitrogens with zero attached hydrogens (tertiary/aromatic N) is 1. The van der Waals surface area contributed by atoms with E-state index in [1.807, 2.05) is 5.43 Å². The number of anilines is 1. The molecule has 5 nitrogen and oxygen atoms in total. The van der Waals surface area contributed by atoms with Crippen molar-refractivity contribution in [3.05, 3.63) is 53.5 Å². The molecule has 0 spiro atoms. The van der Waals surface area contributed by atoms with Gasteiger partial charge in [-0.2, -0.15) is 13.2 Å². The Labute approximate surface area is 164 Å². The molecule has 9 heteroatoms. The molecule has 0 saturated heterocycles. The topological polar surface area (TPSA) is 69.4 Å². The van der Waals surface area contributed by atoms with Crippen LogP contribution in [0.15, 0.2) is 36.5 Å². The molecule has 2 aromatic rings. The Bertz CT molecular complexity index is 900. The summed E-state index contributed by atoms with van der Waals surface area (Å²) in [5, 5.41) is 0. The van der Waals surface area contributed by atoms with E-state index in [4.69, 9.17) is 19.4 Å². The summed E-state index contributed by atoms with van der Waals surface area (Å²) in [6.07, 6.45) is -3.46. The van der Waals surface area contributed by atoms with Crippen molar-refractivity contribution in [3.63, 3.8) is 0 Å². The number of aromatic nitrogens is 1. The zero-order valence-corrected chi connectivity index (χ0v) is 14.7. The van der Waals surface area contributed by atoms with Crippen LogP contribution in [0.2, 0.25) is 0 Å². The first-order valence-electron chi connectivity index (χ1n) is 10.1. The lowest BCUT2D eigenvalue weighted by Gasteiger charge is -2.39. The van der Waals surface area contributed by atoms with E-state index in [1.54, 1.807) is 0 Å². The highest BCUT2D eigenvalue weighted by atomic mass is 19.4. The molecule has 1 saturated carbocycles. The highest BCUT2D eigenvalue weighted by molar-refractivity contribution is 5.52. The number of methoxy groups -OCH3 is 1. The van der Waals surface area contributed by atoms with E-state index in [0.717, 1.165) is 12.3 Å². The number of ether oxygens (including phenoxy) is 2. The number of nitrogen functional groups attached to an aromatic ring is 1. The Morgan fingerprint density at radius 1 is 1.21 bits per heavy atom. The van der Waals surface area contributed by atoms with Crippen molar-refractivity contribution in [2.24, 2.45) is 5.84 Å². The smallest absolute Gasteiger partial charge is 0.423 e. The SMILES string of the molecule is [2H]C([2H])([2H])OC1(c2ccc(F)cc2)CCC(Oc2ccnc(NN)c2C(F)(F)F)CC1. The third-order valence-electron chi connectivity index (χ3n) is 4.93. The predicted molar refractivity (Wildman–Crippen MR) is 95.0 cm³/mol. The number of pyridine rings is 1. The average molecular weight is 402 g/mol. The van der Waals surface area contributed by atoms with Crippen LogP contribution in [0.4, 0.5) is 23.4 Å². The molecule has 152 valence electrons. The quantitative estimate of drug-likeness (QED) is 0.441. The van der Waals surface area contributed by atoms with Crippen LogP contribution in [0.5, 0.6) is 5.75 Å². The van der Waals surface area contributed by atoms with Crippen molar-refractivity contribution in [1.29, 1.82) is 0 Å². The van der Waals surface area contributed by atoms with Crippen molar-refractivity contribution < 1.29 is 31.1 Å². The Morgan fingerprint density at radius 3 is 2.46 bits per heavy atom. The van der Waals surface area contributed by atoms with Crippen LogP contribution in [0, 0.1) is 5.82 Å². The van der Waals surface area contributed by atoms with Crippen molar-refractivity contribution in [3.8, 4) is 5.75 Å². The molecule has 3 N–H and O–H groups in total. The second-order valence-corrected chi connectivity index (χ2v) is 6.60. The zero-order valence-electron chi connectivity index (χ0n) is 17.7. The second-order valence-electron chi connectivity index (χ2n) is 6.60. The minimum absolute atomic E-state index is 0.163. The zero-order chi connectivity index (χ0) is 22.9. The van der Waals surface area contributed by atoms with Crippen LogP contribution in [0.1, 0.15) is 40.9 Å². The van der Waals surface area contributed by atoms with Crippen LogP contribution in [0.25, 0.3) is 0 Å². The molecule has 0 atom stereocenters. The summed E-state index contributed by atoms with van der Waals surface area (Å²) in [6.45, 7) is 0. The van der Waals surface area contributed by atoms with Gasteiger partial charge in [0.15, 0.2) is 5.82 Å². The minimum atomic E-state index is -4.75. The van der Waals surface area contributed by atoms with E-state index >= 15 is 0 Å². The molecule has 0 unspecified atom stereocenters. The van der Waals surface area contributed by atoms with Crippen LogP contribution < -0.4 is 16.0 Å². The maximum absolute atomic E-state index is 13.5. The molecule has 1 aliphatic rings. The highest BCUT2D eigenvalue weighted by Gasteiger charge is 2.41. The summed E-state index contributed by atoms with van der Waals surface area (Å²) in [4.78, 5) is 3.58. The summed E-state index contributed by atoms with van der Waals surface area (Å²) in [5.74, 6) is 3.69. The summed E-state index contributed by atoms with van der Waals surface area (Å²) in [6, 6.07) is 6.41. The van der Waals surface area contributed by atoms with Gasteiger partial charge in [0.05, 0.1) is 15.8 Å². The number of halogens is 4. The van der Waals surface area contributed by atoms with Crippen LogP contribution >= 0.6 is 0 Å². The molecule has 3 rings (SSSR count). The molecule has 0 amide bonds. The molecule has 1 aromatic heterocycles. The maximum atomic E-state index is 13.5. The number of nitrogens with two attached hydrogens (primary N) is 1. The van der Waals surface area contributed by atoms with Gasteiger partial charge in [0, 0.05) is 13.2 Å². The number of hydrogen-bond donors (Lipinski definition) is 2. The first-order valence-corrected chi connectivity index (χ1v) is 8.59. The first kappa shape index (κ1) is 16.6. The van der Waals surface area contributed by atoms with Gasteiger partial charge in [0.25, 0.3) is 0 Å².